The molecule has 0 spiro atoms. The molecule has 0 bridgehead atoms. The lowest BCUT2D eigenvalue weighted by atomic mass is 9.89. The third kappa shape index (κ3) is 5.98. The minimum absolute atomic E-state index is 0.0945. The second kappa shape index (κ2) is 11.0. The van der Waals surface area contributed by atoms with Gasteiger partial charge in [0.1, 0.15) is 5.92 Å². The van der Waals surface area contributed by atoms with E-state index in [0.717, 1.165) is 16.7 Å². The monoisotopic (exact) mass is 497 g/mol. The first-order chi connectivity index (χ1) is 17.7. The van der Waals surface area contributed by atoms with E-state index in [1.807, 2.05) is 24.3 Å². The van der Waals surface area contributed by atoms with E-state index < -0.39 is 5.92 Å². The molecule has 0 radical (unpaired) electrons. The third-order valence-corrected chi connectivity index (χ3v) is 6.12. The number of rotatable bonds is 8. The highest BCUT2D eigenvalue weighted by atomic mass is 16.5. The van der Waals surface area contributed by atoms with Gasteiger partial charge in [-0.3, -0.25) is 24.2 Å². The number of aliphatic imine (C=N–C) groups is 1. The fraction of sp³-hybridized carbons (Fsp3) is 0.207. The van der Waals surface area contributed by atoms with E-state index in [0.29, 0.717) is 34.8 Å². The summed E-state index contributed by atoms with van der Waals surface area (Å²) in [4.78, 5) is 53.0. The molecule has 4 rings (SSSR count). The van der Waals surface area contributed by atoms with Crippen LogP contribution in [-0.2, 0) is 32.1 Å². The van der Waals surface area contributed by atoms with Crippen molar-refractivity contribution in [2.75, 3.05) is 12.4 Å². The molecule has 3 aromatic carbocycles. The molecule has 1 aliphatic heterocycles. The van der Waals surface area contributed by atoms with Gasteiger partial charge in [-0.1, -0.05) is 36.4 Å². The van der Waals surface area contributed by atoms with Crippen molar-refractivity contribution in [2.45, 2.75) is 32.7 Å². The van der Waals surface area contributed by atoms with Gasteiger partial charge in [0.2, 0.25) is 11.8 Å². The molecular formula is C29H27N3O5. The standard InChI is InChI=1S/C29H27N3O5/c1-17(33)22-10-13-25-24(15-22)27(29(36)32-25)28(21-8-4-20(5-9-21)16-30-18(2)34)31-23-11-6-19(7-12-23)14-26(35)37-3/h4-13,15,27H,14,16H2,1-3H3,(H,30,34)(H,32,36). The van der Waals surface area contributed by atoms with E-state index in [2.05, 4.69) is 10.6 Å². The number of esters is 1. The van der Waals surface area contributed by atoms with Crippen molar-refractivity contribution in [1.29, 1.82) is 0 Å². The molecule has 0 fully saturated rings. The van der Waals surface area contributed by atoms with Gasteiger partial charge in [0.25, 0.3) is 0 Å². The molecule has 0 saturated carbocycles. The summed E-state index contributed by atoms with van der Waals surface area (Å²) in [6.07, 6.45) is 0.148. The maximum Gasteiger partial charge on any atom is 0.309 e. The van der Waals surface area contributed by atoms with E-state index in [-0.39, 0.29) is 30.0 Å². The Labute approximate surface area is 214 Å². The number of hydrogen-bond acceptors (Lipinski definition) is 6. The molecule has 1 heterocycles. The van der Waals surface area contributed by atoms with Gasteiger partial charge in [-0.15, -0.1) is 0 Å². The Morgan fingerprint density at radius 1 is 0.919 bits per heavy atom. The van der Waals surface area contributed by atoms with E-state index in [1.165, 1.54) is 21.0 Å². The zero-order valence-corrected chi connectivity index (χ0v) is 20.8. The Kier molecular flexibility index (Phi) is 7.57. The highest BCUT2D eigenvalue weighted by Crippen LogP contribution is 2.37. The van der Waals surface area contributed by atoms with E-state index in [4.69, 9.17) is 9.73 Å². The second-order valence-corrected chi connectivity index (χ2v) is 8.80. The molecule has 2 N–H and O–H groups in total. The SMILES string of the molecule is COC(=O)Cc1ccc(N=C(c2ccc(CNC(C)=O)cc2)C2C(=O)Nc3ccc(C(C)=O)cc32)cc1. The Bertz CT molecular complexity index is 1390. The number of amides is 2. The smallest absolute Gasteiger partial charge is 0.309 e. The summed E-state index contributed by atoms with van der Waals surface area (Å²) < 4.78 is 4.73. The molecule has 37 heavy (non-hydrogen) atoms. The average molecular weight is 498 g/mol. The van der Waals surface area contributed by atoms with Crippen molar-refractivity contribution in [1.82, 2.24) is 5.32 Å². The van der Waals surface area contributed by atoms with E-state index in [1.54, 1.807) is 42.5 Å². The van der Waals surface area contributed by atoms with Gasteiger partial charge in [-0.25, -0.2) is 0 Å². The number of ketones is 1. The minimum Gasteiger partial charge on any atom is -0.469 e. The molecule has 1 aliphatic rings. The lowest BCUT2D eigenvalue weighted by Gasteiger charge is -2.15. The quantitative estimate of drug-likeness (QED) is 0.276. The zero-order chi connectivity index (χ0) is 26.5. The van der Waals surface area contributed by atoms with Crippen LogP contribution in [0.2, 0.25) is 0 Å². The molecule has 0 aromatic heterocycles. The number of carbonyl (C=O) groups excluding carboxylic acids is 4. The molecular weight excluding hydrogens is 470 g/mol. The molecule has 2 amide bonds. The Hall–Kier alpha value is -4.59. The summed E-state index contributed by atoms with van der Waals surface area (Å²) in [7, 11) is 1.34. The van der Waals surface area contributed by atoms with Crippen molar-refractivity contribution in [3.05, 3.63) is 94.5 Å². The van der Waals surface area contributed by atoms with Crippen molar-refractivity contribution < 1.29 is 23.9 Å². The highest BCUT2D eigenvalue weighted by Gasteiger charge is 2.36. The third-order valence-electron chi connectivity index (χ3n) is 6.12. The van der Waals surface area contributed by atoms with Gasteiger partial charge in [0.15, 0.2) is 5.78 Å². The Morgan fingerprint density at radius 2 is 1.57 bits per heavy atom. The lowest BCUT2D eigenvalue weighted by Crippen LogP contribution is -2.22. The molecule has 188 valence electrons. The van der Waals surface area contributed by atoms with Crippen molar-refractivity contribution in [3.63, 3.8) is 0 Å². The molecule has 0 saturated heterocycles. The van der Waals surface area contributed by atoms with Crippen molar-refractivity contribution in [2.24, 2.45) is 4.99 Å². The van der Waals surface area contributed by atoms with Crippen LogP contribution in [0.25, 0.3) is 0 Å². The fourth-order valence-electron chi connectivity index (χ4n) is 4.13. The maximum atomic E-state index is 13.2. The molecule has 8 heteroatoms. The van der Waals surface area contributed by atoms with Gasteiger partial charge in [0.05, 0.1) is 24.9 Å². The number of Topliss-reactive ketones (excluding diaryl/α,β-unsaturated/α-hetero) is 1. The first-order valence-electron chi connectivity index (χ1n) is 11.8. The summed E-state index contributed by atoms with van der Waals surface area (Å²) in [6.45, 7) is 3.33. The van der Waals surface area contributed by atoms with E-state index in [9.17, 15) is 19.2 Å². The number of benzene rings is 3. The largest absolute Gasteiger partial charge is 0.469 e. The van der Waals surface area contributed by atoms with Crippen LogP contribution in [0.4, 0.5) is 11.4 Å². The van der Waals surface area contributed by atoms with Crippen molar-refractivity contribution >= 4 is 40.7 Å². The van der Waals surface area contributed by atoms with Crippen molar-refractivity contribution in [3.8, 4) is 0 Å². The number of carbonyl (C=O) groups is 4. The molecule has 0 aliphatic carbocycles. The van der Waals surface area contributed by atoms with Crippen LogP contribution in [-0.4, -0.2) is 36.4 Å². The molecule has 1 atom stereocenters. The predicted octanol–water partition coefficient (Wildman–Crippen LogP) is 4.10. The van der Waals surface area contributed by atoms with Crippen LogP contribution in [0.3, 0.4) is 0 Å². The van der Waals surface area contributed by atoms with Gasteiger partial charge < -0.3 is 15.4 Å². The summed E-state index contributed by atoms with van der Waals surface area (Å²) in [5, 5.41) is 5.67. The van der Waals surface area contributed by atoms with Crippen LogP contribution in [0.1, 0.15) is 52.4 Å². The predicted molar refractivity (Wildman–Crippen MR) is 140 cm³/mol. The van der Waals surface area contributed by atoms with E-state index >= 15 is 0 Å². The number of ether oxygens (including phenoxy) is 1. The maximum absolute atomic E-state index is 13.2. The van der Waals surface area contributed by atoms with Crippen LogP contribution >= 0.6 is 0 Å². The number of nitrogens with one attached hydrogen (secondary N) is 2. The highest BCUT2D eigenvalue weighted by molar-refractivity contribution is 6.24. The average Bonchev–Trinajstić information content (AvgIpc) is 3.22. The Balaban J connectivity index is 1.76. The van der Waals surface area contributed by atoms with Gasteiger partial charge in [0, 0.05) is 24.7 Å². The molecule has 8 nitrogen and oxygen atoms in total. The number of fused-ring (bicyclic) bond motifs is 1. The first-order valence-corrected chi connectivity index (χ1v) is 11.8. The zero-order valence-electron chi connectivity index (χ0n) is 20.8. The topological polar surface area (TPSA) is 114 Å². The molecule has 1 unspecified atom stereocenters. The summed E-state index contributed by atoms with van der Waals surface area (Å²) >= 11 is 0. The van der Waals surface area contributed by atoms with Gasteiger partial charge in [-0.05, 0) is 59.5 Å². The van der Waals surface area contributed by atoms with Crippen LogP contribution in [0.15, 0.2) is 71.7 Å². The second-order valence-electron chi connectivity index (χ2n) is 8.80. The minimum atomic E-state index is -0.731. The number of nitrogens with zero attached hydrogens (tertiary/aromatic N) is 1. The summed E-state index contributed by atoms with van der Waals surface area (Å²) in [6, 6.07) is 19.8. The lowest BCUT2D eigenvalue weighted by molar-refractivity contribution is -0.139. The number of anilines is 1. The first kappa shape index (κ1) is 25.5. The van der Waals surface area contributed by atoms with Gasteiger partial charge in [-0.2, -0.15) is 0 Å². The number of hydrogen-bond donors (Lipinski definition) is 2. The summed E-state index contributed by atoms with van der Waals surface area (Å²) in [5.74, 6) is -1.52. The van der Waals surface area contributed by atoms with Crippen LogP contribution < -0.4 is 10.6 Å². The normalized spacial score (nSPS) is 14.5. The Morgan fingerprint density at radius 3 is 2.19 bits per heavy atom. The summed E-state index contributed by atoms with van der Waals surface area (Å²) in [5.41, 5.74) is 5.37. The number of methoxy groups -OCH3 is 1. The van der Waals surface area contributed by atoms with Gasteiger partial charge >= 0.3 is 5.97 Å². The fourth-order valence-corrected chi connectivity index (χ4v) is 4.13. The van der Waals surface area contributed by atoms with Crippen LogP contribution in [0.5, 0.6) is 0 Å². The molecule has 3 aromatic rings. The van der Waals surface area contributed by atoms with Crippen LogP contribution in [0, 0.1) is 0 Å².